The smallest absolute Gasteiger partial charge is 0.253 e. The minimum Gasteiger partial charge on any atom is -0.495 e. The molecule has 0 aliphatic carbocycles. The number of halogens is 1. The maximum Gasteiger partial charge on any atom is 0.253 e. The third-order valence-corrected chi connectivity index (χ3v) is 3.25. The van der Waals surface area contributed by atoms with Crippen LogP contribution >= 0.6 is 11.6 Å². The number of hydrogen-bond donors (Lipinski definition) is 1. The first-order chi connectivity index (χ1) is 9.15. The summed E-state index contributed by atoms with van der Waals surface area (Å²) in [4.78, 5) is 12.0. The fourth-order valence-corrected chi connectivity index (χ4v) is 2.20. The van der Waals surface area contributed by atoms with Crippen molar-refractivity contribution < 1.29 is 19.0 Å². The molecule has 1 fully saturated rings. The van der Waals surface area contributed by atoms with Crippen LogP contribution in [0, 0.1) is 0 Å². The Labute approximate surface area is 116 Å². The molecule has 1 aliphatic heterocycles. The summed E-state index contributed by atoms with van der Waals surface area (Å²) in [5.41, 5.74) is 0.508. The Balaban J connectivity index is 2.18. The van der Waals surface area contributed by atoms with E-state index in [0.717, 1.165) is 12.8 Å². The van der Waals surface area contributed by atoms with Crippen LogP contribution in [-0.2, 0) is 9.53 Å². The number of hydrogen-bond acceptors (Lipinski definition) is 4. The number of carbonyl (C=O) groups is 1. The molecule has 0 radical (unpaired) electrons. The highest BCUT2D eigenvalue weighted by Crippen LogP contribution is 2.36. The van der Waals surface area contributed by atoms with E-state index in [1.54, 1.807) is 12.1 Å². The summed E-state index contributed by atoms with van der Waals surface area (Å²) in [6.07, 6.45) is 1.24. The van der Waals surface area contributed by atoms with Gasteiger partial charge in [0, 0.05) is 12.7 Å². The summed E-state index contributed by atoms with van der Waals surface area (Å²) in [6, 6.07) is 3.24. The van der Waals surface area contributed by atoms with Gasteiger partial charge in [0.1, 0.15) is 17.6 Å². The molecule has 1 aliphatic rings. The molecule has 1 N–H and O–H groups in total. The SMILES string of the molecule is COc1cc(OC)c(NC(=O)[C@@H]2CCCO2)cc1Cl. The highest BCUT2D eigenvalue weighted by atomic mass is 35.5. The minimum atomic E-state index is -0.398. The summed E-state index contributed by atoms with van der Waals surface area (Å²) in [7, 11) is 3.04. The molecule has 1 saturated heterocycles. The topological polar surface area (TPSA) is 56.8 Å². The normalized spacial score (nSPS) is 18.2. The van der Waals surface area contributed by atoms with E-state index in [1.165, 1.54) is 14.2 Å². The summed E-state index contributed by atoms with van der Waals surface area (Å²) in [5.74, 6) is 0.804. The van der Waals surface area contributed by atoms with Gasteiger partial charge in [-0.3, -0.25) is 4.79 Å². The molecule has 1 atom stereocenters. The van der Waals surface area contributed by atoms with E-state index < -0.39 is 6.10 Å². The molecule has 1 aromatic carbocycles. The molecule has 0 spiro atoms. The van der Waals surface area contributed by atoms with Gasteiger partial charge in [0.15, 0.2) is 0 Å². The van der Waals surface area contributed by atoms with E-state index in [1.807, 2.05) is 0 Å². The zero-order valence-corrected chi connectivity index (χ0v) is 11.6. The van der Waals surface area contributed by atoms with Crippen molar-refractivity contribution in [3.63, 3.8) is 0 Å². The molecule has 1 amide bonds. The molecule has 6 heteroatoms. The highest BCUT2D eigenvalue weighted by molar-refractivity contribution is 6.32. The van der Waals surface area contributed by atoms with Crippen molar-refractivity contribution in [3.8, 4) is 11.5 Å². The first-order valence-corrected chi connectivity index (χ1v) is 6.37. The zero-order valence-electron chi connectivity index (χ0n) is 10.9. The molecular weight excluding hydrogens is 270 g/mol. The van der Waals surface area contributed by atoms with E-state index >= 15 is 0 Å². The molecular formula is C13H16ClNO4. The van der Waals surface area contributed by atoms with E-state index in [9.17, 15) is 4.79 Å². The van der Waals surface area contributed by atoms with Crippen LogP contribution < -0.4 is 14.8 Å². The second kappa shape index (κ2) is 6.12. The molecule has 0 saturated carbocycles. The Morgan fingerprint density at radius 1 is 1.37 bits per heavy atom. The van der Waals surface area contributed by atoms with Gasteiger partial charge in [0.25, 0.3) is 5.91 Å². The van der Waals surface area contributed by atoms with E-state index in [-0.39, 0.29) is 5.91 Å². The lowest BCUT2D eigenvalue weighted by atomic mass is 10.2. The van der Waals surface area contributed by atoms with Crippen LogP contribution in [0.5, 0.6) is 11.5 Å². The van der Waals surface area contributed by atoms with Crippen LogP contribution in [-0.4, -0.2) is 32.8 Å². The molecule has 0 bridgehead atoms. The number of amides is 1. The lowest BCUT2D eigenvalue weighted by molar-refractivity contribution is -0.124. The summed E-state index contributed by atoms with van der Waals surface area (Å²) in [5, 5.41) is 3.17. The standard InChI is InChI=1S/C13H16ClNO4/c1-17-11-7-12(18-2)9(6-8(11)14)15-13(16)10-4-3-5-19-10/h6-7,10H,3-5H2,1-2H3,(H,15,16)/t10-/m0/s1. The number of anilines is 1. The van der Waals surface area contributed by atoms with Gasteiger partial charge >= 0.3 is 0 Å². The summed E-state index contributed by atoms with van der Waals surface area (Å²) in [6.45, 7) is 0.624. The summed E-state index contributed by atoms with van der Waals surface area (Å²) >= 11 is 6.04. The molecule has 104 valence electrons. The Morgan fingerprint density at radius 2 is 2.11 bits per heavy atom. The van der Waals surface area contributed by atoms with Crippen LogP contribution in [0.1, 0.15) is 12.8 Å². The molecule has 1 heterocycles. The fourth-order valence-electron chi connectivity index (χ4n) is 1.96. The molecule has 0 unspecified atom stereocenters. The third kappa shape index (κ3) is 3.11. The van der Waals surface area contributed by atoms with Crippen LogP contribution in [0.25, 0.3) is 0 Å². The zero-order chi connectivity index (χ0) is 13.8. The molecule has 5 nitrogen and oxygen atoms in total. The second-order valence-electron chi connectivity index (χ2n) is 4.18. The predicted octanol–water partition coefficient (Wildman–Crippen LogP) is 2.47. The van der Waals surface area contributed by atoms with Gasteiger partial charge in [0.2, 0.25) is 0 Å². The van der Waals surface area contributed by atoms with Crippen molar-refractivity contribution in [1.29, 1.82) is 0 Å². The van der Waals surface area contributed by atoms with Crippen LogP contribution in [0.4, 0.5) is 5.69 Å². The number of methoxy groups -OCH3 is 2. The van der Waals surface area contributed by atoms with Crippen molar-refractivity contribution in [2.24, 2.45) is 0 Å². The number of rotatable bonds is 4. The van der Waals surface area contributed by atoms with Crippen LogP contribution in [0.2, 0.25) is 5.02 Å². The Kier molecular flexibility index (Phi) is 4.50. The Hall–Kier alpha value is -1.46. The lowest BCUT2D eigenvalue weighted by Crippen LogP contribution is -2.27. The first kappa shape index (κ1) is 14.0. The average molecular weight is 286 g/mol. The van der Waals surface area contributed by atoms with Gasteiger partial charge in [-0.25, -0.2) is 0 Å². The summed E-state index contributed by atoms with van der Waals surface area (Å²) < 4.78 is 15.6. The van der Waals surface area contributed by atoms with Crippen molar-refractivity contribution in [3.05, 3.63) is 17.2 Å². The Morgan fingerprint density at radius 3 is 2.68 bits per heavy atom. The van der Waals surface area contributed by atoms with Crippen LogP contribution in [0.3, 0.4) is 0 Å². The van der Waals surface area contributed by atoms with E-state index in [2.05, 4.69) is 5.32 Å². The highest BCUT2D eigenvalue weighted by Gasteiger charge is 2.24. The first-order valence-electron chi connectivity index (χ1n) is 5.99. The van der Waals surface area contributed by atoms with Gasteiger partial charge in [-0.1, -0.05) is 11.6 Å². The van der Waals surface area contributed by atoms with Gasteiger partial charge in [-0.2, -0.15) is 0 Å². The molecule has 19 heavy (non-hydrogen) atoms. The van der Waals surface area contributed by atoms with Crippen molar-refractivity contribution in [1.82, 2.24) is 0 Å². The lowest BCUT2D eigenvalue weighted by Gasteiger charge is -2.15. The average Bonchev–Trinajstić information content (AvgIpc) is 2.93. The largest absolute Gasteiger partial charge is 0.495 e. The predicted molar refractivity (Wildman–Crippen MR) is 72.2 cm³/mol. The van der Waals surface area contributed by atoms with E-state index in [4.69, 9.17) is 25.8 Å². The Bertz CT molecular complexity index is 472. The number of benzene rings is 1. The minimum absolute atomic E-state index is 0.183. The van der Waals surface area contributed by atoms with Gasteiger partial charge < -0.3 is 19.5 Å². The van der Waals surface area contributed by atoms with Crippen molar-refractivity contribution >= 4 is 23.2 Å². The van der Waals surface area contributed by atoms with Crippen molar-refractivity contribution in [2.75, 3.05) is 26.1 Å². The third-order valence-electron chi connectivity index (χ3n) is 2.95. The second-order valence-corrected chi connectivity index (χ2v) is 4.59. The molecule has 0 aromatic heterocycles. The number of ether oxygens (including phenoxy) is 3. The number of nitrogens with one attached hydrogen (secondary N) is 1. The fraction of sp³-hybridized carbons (Fsp3) is 0.462. The monoisotopic (exact) mass is 285 g/mol. The van der Waals surface area contributed by atoms with Gasteiger partial charge in [-0.15, -0.1) is 0 Å². The maximum atomic E-state index is 12.0. The van der Waals surface area contributed by atoms with Crippen molar-refractivity contribution in [2.45, 2.75) is 18.9 Å². The van der Waals surface area contributed by atoms with E-state index in [0.29, 0.717) is 28.8 Å². The molecule has 1 aromatic rings. The molecule has 2 rings (SSSR count). The quantitative estimate of drug-likeness (QED) is 0.923. The number of carbonyl (C=O) groups excluding carboxylic acids is 1. The van der Waals surface area contributed by atoms with Crippen LogP contribution in [0.15, 0.2) is 12.1 Å². The maximum absolute atomic E-state index is 12.0. The van der Waals surface area contributed by atoms with Gasteiger partial charge in [0.05, 0.1) is 24.9 Å². The van der Waals surface area contributed by atoms with Gasteiger partial charge in [-0.05, 0) is 18.9 Å².